The van der Waals surface area contributed by atoms with Gasteiger partial charge in [0, 0.05) is 18.5 Å². The zero-order chi connectivity index (χ0) is 28.3. The van der Waals surface area contributed by atoms with E-state index in [1.54, 1.807) is 23.9 Å². The summed E-state index contributed by atoms with van der Waals surface area (Å²) in [5.41, 5.74) is 3.19. The van der Waals surface area contributed by atoms with Crippen LogP contribution in [-0.2, 0) is 22.6 Å². The highest BCUT2D eigenvalue weighted by Crippen LogP contribution is 2.28. The number of aliphatic hydroxyl groups is 1. The Labute approximate surface area is 234 Å². The number of ether oxygens (including phenoxy) is 3. The highest BCUT2D eigenvalue weighted by atomic mass is 16.5. The Morgan fingerprint density at radius 1 is 1.00 bits per heavy atom. The van der Waals surface area contributed by atoms with Crippen LogP contribution in [0.2, 0.25) is 0 Å². The van der Waals surface area contributed by atoms with Crippen LogP contribution in [-0.4, -0.2) is 47.7 Å². The number of rotatable bonds is 14. The molecule has 1 aromatic heterocycles. The Kier molecular flexibility index (Phi) is 10.1. The van der Waals surface area contributed by atoms with Crippen molar-refractivity contribution in [1.29, 1.82) is 0 Å². The zero-order valence-electron chi connectivity index (χ0n) is 22.8. The SMILES string of the molecule is C=C[C@H](CNC(Cc1ccccc1)C(=O)OC)C(O)c1cc(OCc2ccc(OC)cc2)n(-c2ccccc2)n1. The van der Waals surface area contributed by atoms with Gasteiger partial charge in [-0.3, -0.25) is 4.79 Å². The van der Waals surface area contributed by atoms with Gasteiger partial charge >= 0.3 is 5.97 Å². The third-order valence-corrected chi connectivity index (χ3v) is 6.62. The monoisotopic (exact) mass is 541 g/mol. The molecule has 8 heteroatoms. The van der Waals surface area contributed by atoms with E-state index in [0.717, 1.165) is 22.6 Å². The van der Waals surface area contributed by atoms with Gasteiger partial charge in [0.05, 0.1) is 25.6 Å². The first-order valence-corrected chi connectivity index (χ1v) is 13.1. The maximum atomic E-state index is 12.5. The van der Waals surface area contributed by atoms with Crippen molar-refractivity contribution < 1.29 is 24.1 Å². The summed E-state index contributed by atoms with van der Waals surface area (Å²) in [5.74, 6) is 0.453. The standard InChI is InChI=1S/C32H35N3O5/c1-4-25(21-33-29(32(37)39-3)19-23-11-7-5-8-12-23)31(36)28-20-30(35(34-28)26-13-9-6-10-14-26)40-22-24-15-17-27(38-2)18-16-24/h4-18,20,25,29,31,33,36H,1,19,21-22H2,2-3H3/t25-,29?,31?/m1/s1. The first-order valence-electron chi connectivity index (χ1n) is 13.1. The fraction of sp³-hybridized carbons (Fsp3) is 0.250. The lowest BCUT2D eigenvalue weighted by Gasteiger charge is -2.22. The van der Waals surface area contributed by atoms with Crippen LogP contribution in [0.1, 0.15) is 22.9 Å². The second kappa shape index (κ2) is 14.1. The molecule has 0 radical (unpaired) electrons. The van der Waals surface area contributed by atoms with E-state index in [-0.39, 0.29) is 12.5 Å². The number of carbonyl (C=O) groups excluding carboxylic acids is 1. The number of para-hydroxylation sites is 1. The van der Waals surface area contributed by atoms with Crippen LogP contribution in [0.5, 0.6) is 11.6 Å². The average molecular weight is 542 g/mol. The number of aromatic nitrogens is 2. The molecule has 40 heavy (non-hydrogen) atoms. The van der Waals surface area contributed by atoms with Crippen LogP contribution in [0.25, 0.3) is 5.69 Å². The predicted octanol–water partition coefficient (Wildman–Crippen LogP) is 4.67. The molecule has 1 heterocycles. The van der Waals surface area contributed by atoms with Crippen molar-refractivity contribution >= 4 is 5.97 Å². The van der Waals surface area contributed by atoms with E-state index >= 15 is 0 Å². The molecule has 0 aliphatic rings. The van der Waals surface area contributed by atoms with Crippen LogP contribution < -0.4 is 14.8 Å². The first-order chi connectivity index (χ1) is 19.5. The topological polar surface area (TPSA) is 94.8 Å². The van der Waals surface area contributed by atoms with Crippen molar-refractivity contribution in [2.45, 2.75) is 25.2 Å². The number of hydrogen-bond donors (Lipinski definition) is 2. The Morgan fingerprint density at radius 3 is 2.30 bits per heavy atom. The molecule has 8 nitrogen and oxygen atoms in total. The molecule has 2 N–H and O–H groups in total. The molecular weight excluding hydrogens is 506 g/mol. The van der Waals surface area contributed by atoms with Crippen molar-refractivity contribution in [1.82, 2.24) is 15.1 Å². The quantitative estimate of drug-likeness (QED) is 0.177. The van der Waals surface area contributed by atoms with Crippen LogP contribution in [0.15, 0.2) is 104 Å². The van der Waals surface area contributed by atoms with E-state index in [2.05, 4.69) is 17.0 Å². The molecule has 3 aromatic carbocycles. The van der Waals surface area contributed by atoms with E-state index in [1.165, 1.54) is 7.11 Å². The Bertz CT molecular complexity index is 1360. The normalized spacial score (nSPS) is 13.2. The minimum Gasteiger partial charge on any atom is -0.497 e. The van der Waals surface area contributed by atoms with E-state index < -0.39 is 18.1 Å². The Morgan fingerprint density at radius 2 is 1.68 bits per heavy atom. The molecule has 4 aromatic rings. The number of aliphatic hydroxyl groups excluding tert-OH is 1. The van der Waals surface area contributed by atoms with Gasteiger partial charge in [0.15, 0.2) is 0 Å². The number of nitrogens with zero attached hydrogens (tertiary/aromatic N) is 2. The highest BCUT2D eigenvalue weighted by molar-refractivity contribution is 5.76. The maximum Gasteiger partial charge on any atom is 0.323 e. The van der Waals surface area contributed by atoms with Crippen LogP contribution >= 0.6 is 0 Å². The summed E-state index contributed by atoms with van der Waals surface area (Å²) in [5, 5.41) is 19.3. The Hall–Kier alpha value is -4.40. The minimum atomic E-state index is -0.992. The van der Waals surface area contributed by atoms with Gasteiger partial charge in [0.2, 0.25) is 5.88 Å². The smallest absolute Gasteiger partial charge is 0.323 e. The van der Waals surface area contributed by atoms with Crippen molar-refractivity contribution in [2.75, 3.05) is 20.8 Å². The molecule has 0 saturated carbocycles. The minimum absolute atomic E-state index is 0.289. The molecule has 0 fully saturated rings. The number of hydrogen-bond acceptors (Lipinski definition) is 7. The average Bonchev–Trinajstić information content (AvgIpc) is 3.44. The fourth-order valence-corrected chi connectivity index (χ4v) is 4.31. The third-order valence-electron chi connectivity index (χ3n) is 6.62. The van der Waals surface area contributed by atoms with Gasteiger partial charge in [-0.25, -0.2) is 4.68 Å². The summed E-state index contributed by atoms with van der Waals surface area (Å²) in [6.07, 6.45) is 1.13. The first kappa shape index (κ1) is 28.6. The molecule has 2 unspecified atom stereocenters. The van der Waals surface area contributed by atoms with Gasteiger partial charge in [-0.1, -0.05) is 66.7 Å². The molecule has 0 bridgehead atoms. The van der Waals surface area contributed by atoms with Crippen molar-refractivity contribution in [3.63, 3.8) is 0 Å². The zero-order valence-corrected chi connectivity index (χ0v) is 22.8. The summed E-state index contributed by atoms with van der Waals surface area (Å²) in [4.78, 5) is 12.5. The van der Waals surface area contributed by atoms with Gasteiger partial charge in [0.25, 0.3) is 0 Å². The second-order valence-corrected chi connectivity index (χ2v) is 9.31. The van der Waals surface area contributed by atoms with Gasteiger partial charge < -0.3 is 24.6 Å². The van der Waals surface area contributed by atoms with Gasteiger partial charge in [0.1, 0.15) is 24.5 Å². The van der Waals surface area contributed by atoms with Crippen molar-refractivity contribution in [3.05, 3.63) is 120 Å². The molecular formula is C32H35N3O5. The number of carbonyl (C=O) groups is 1. The summed E-state index contributed by atoms with van der Waals surface area (Å²) >= 11 is 0. The van der Waals surface area contributed by atoms with Crippen LogP contribution in [0.4, 0.5) is 0 Å². The van der Waals surface area contributed by atoms with E-state index in [1.807, 2.05) is 84.9 Å². The molecule has 0 aliphatic heterocycles. The number of nitrogens with one attached hydrogen (secondary N) is 1. The van der Waals surface area contributed by atoms with Gasteiger partial charge in [-0.05, 0) is 41.8 Å². The van der Waals surface area contributed by atoms with Crippen LogP contribution in [0, 0.1) is 5.92 Å². The molecule has 0 spiro atoms. The van der Waals surface area contributed by atoms with Crippen LogP contribution in [0.3, 0.4) is 0 Å². The molecule has 3 atom stereocenters. The lowest BCUT2D eigenvalue weighted by molar-refractivity contribution is -0.143. The van der Waals surface area contributed by atoms with Gasteiger partial charge in [-0.15, -0.1) is 6.58 Å². The molecule has 0 amide bonds. The number of benzene rings is 3. The largest absolute Gasteiger partial charge is 0.497 e. The van der Waals surface area contributed by atoms with Crippen molar-refractivity contribution in [3.8, 4) is 17.3 Å². The van der Waals surface area contributed by atoms with Crippen molar-refractivity contribution in [2.24, 2.45) is 5.92 Å². The lowest BCUT2D eigenvalue weighted by atomic mass is 9.98. The predicted molar refractivity (Wildman–Crippen MR) is 153 cm³/mol. The lowest BCUT2D eigenvalue weighted by Crippen LogP contribution is -2.42. The fourth-order valence-electron chi connectivity index (χ4n) is 4.31. The summed E-state index contributed by atoms with van der Waals surface area (Å²) < 4.78 is 18.1. The molecule has 208 valence electrons. The van der Waals surface area contributed by atoms with Gasteiger partial charge in [-0.2, -0.15) is 5.10 Å². The summed E-state index contributed by atoms with van der Waals surface area (Å²) in [7, 11) is 2.99. The highest BCUT2D eigenvalue weighted by Gasteiger charge is 2.26. The number of methoxy groups -OCH3 is 2. The van der Waals surface area contributed by atoms with E-state index in [0.29, 0.717) is 24.6 Å². The molecule has 0 saturated heterocycles. The number of esters is 1. The maximum absolute atomic E-state index is 12.5. The molecule has 4 rings (SSSR count). The third kappa shape index (κ3) is 7.37. The second-order valence-electron chi connectivity index (χ2n) is 9.31. The van der Waals surface area contributed by atoms with E-state index in [9.17, 15) is 9.90 Å². The molecule has 0 aliphatic carbocycles. The summed E-state index contributed by atoms with van der Waals surface area (Å²) in [6, 6.07) is 28.1. The Balaban J connectivity index is 1.51. The van der Waals surface area contributed by atoms with E-state index in [4.69, 9.17) is 14.2 Å². The summed E-state index contributed by atoms with van der Waals surface area (Å²) in [6.45, 7) is 4.52.